The maximum atomic E-state index is 6.19. The zero-order valence-electron chi connectivity index (χ0n) is 10.8. The standard InChI is InChI=1S/C14H13ClN4/c1-3-9-6-11-12(15)4-5-16-14(11)18-13(9)10-7-17-19(2)8-10/h4-8H,3H2,1-2H3. The molecule has 0 aromatic carbocycles. The Hall–Kier alpha value is -1.94. The van der Waals surface area contributed by atoms with Gasteiger partial charge in [-0.05, 0) is 24.1 Å². The zero-order chi connectivity index (χ0) is 13.4. The molecule has 0 unspecified atom stereocenters. The van der Waals surface area contributed by atoms with Crippen LogP contribution >= 0.6 is 11.6 Å². The molecule has 0 radical (unpaired) electrons. The Morgan fingerprint density at radius 3 is 2.89 bits per heavy atom. The molecule has 5 heteroatoms. The molecule has 0 fully saturated rings. The second-order valence-corrected chi connectivity index (χ2v) is 4.82. The van der Waals surface area contributed by atoms with E-state index in [1.807, 2.05) is 19.4 Å². The molecule has 0 amide bonds. The summed E-state index contributed by atoms with van der Waals surface area (Å²) in [5.41, 5.74) is 3.75. The Morgan fingerprint density at radius 2 is 2.21 bits per heavy atom. The summed E-state index contributed by atoms with van der Waals surface area (Å²) in [5.74, 6) is 0. The van der Waals surface area contributed by atoms with E-state index in [1.54, 1.807) is 16.9 Å². The Kier molecular flexibility index (Phi) is 2.95. The number of hydrogen-bond acceptors (Lipinski definition) is 3. The third kappa shape index (κ3) is 2.08. The number of halogens is 1. The number of aryl methyl sites for hydroxylation is 2. The number of nitrogens with zero attached hydrogens (tertiary/aromatic N) is 4. The van der Waals surface area contributed by atoms with Crippen LogP contribution in [-0.2, 0) is 13.5 Å². The summed E-state index contributed by atoms with van der Waals surface area (Å²) >= 11 is 6.19. The lowest BCUT2D eigenvalue weighted by atomic mass is 10.1. The van der Waals surface area contributed by atoms with Crippen LogP contribution in [0, 0.1) is 0 Å². The van der Waals surface area contributed by atoms with Gasteiger partial charge in [-0.2, -0.15) is 5.10 Å². The van der Waals surface area contributed by atoms with Crippen LogP contribution in [0.5, 0.6) is 0 Å². The fourth-order valence-corrected chi connectivity index (χ4v) is 2.34. The number of aromatic nitrogens is 4. The molecular formula is C14H13ClN4. The van der Waals surface area contributed by atoms with Gasteiger partial charge in [0, 0.05) is 30.4 Å². The highest BCUT2D eigenvalue weighted by molar-refractivity contribution is 6.35. The summed E-state index contributed by atoms with van der Waals surface area (Å²) in [4.78, 5) is 8.93. The molecule has 96 valence electrons. The molecule has 4 nitrogen and oxygen atoms in total. The van der Waals surface area contributed by atoms with Crippen LogP contribution in [-0.4, -0.2) is 19.7 Å². The van der Waals surface area contributed by atoms with Crippen molar-refractivity contribution in [3.8, 4) is 11.3 Å². The minimum Gasteiger partial charge on any atom is -0.275 e. The predicted molar refractivity (Wildman–Crippen MR) is 76.1 cm³/mol. The number of fused-ring (bicyclic) bond motifs is 1. The van der Waals surface area contributed by atoms with Crippen LogP contribution in [0.15, 0.2) is 30.7 Å². The van der Waals surface area contributed by atoms with E-state index in [0.717, 1.165) is 28.6 Å². The summed E-state index contributed by atoms with van der Waals surface area (Å²) in [5, 5.41) is 5.78. The molecule has 0 N–H and O–H groups in total. The maximum absolute atomic E-state index is 6.19. The zero-order valence-corrected chi connectivity index (χ0v) is 11.5. The van der Waals surface area contributed by atoms with E-state index < -0.39 is 0 Å². The van der Waals surface area contributed by atoms with Gasteiger partial charge in [-0.3, -0.25) is 4.68 Å². The van der Waals surface area contributed by atoms with Crippen LogP contribution in [0.4, 0.5) is 0 Å². The molecule has 0 atom stereocenters. The average molecular weight is 273 g/mol. The quantitative estimate of drug-likeness (QED) is 0.719. The number of pyridine rings is 2. The van der Waals surface area contributed by atoms with Gasteiger partial charge in [0.2, 0.25) is 0 Å². The fourth-order valence-electron chi connectivity index (χ4n) is 2.15. The van der Waals surface area contributed by atoms with Crippen LogP contribution in [0.25, 0.3) is 22.3 Å². The van der Waals surface area contributed by atoms with Crippen molar-refractivity contribution < 1.29 is 0 Å². The van der Waals surface area contributed by atoms with Crippen LogP contribution in [0.2, 0.25) is 5.02 Å². The highest BCUT2D eigenvalue weighted by Gasteiger charge is 2.11. The van der Waals surface area contributed by atoms with Crippen LogP contribution < -0.4 is 0 Å². The fraction of sp³-hybridized carbons (Fsp3) is 0.214. The van der Waals surface area contributed by atoms with Crippen molar-refractivity contribution in [2.24, 2.45) is 7.05 Å². The van der Waals surface area contributed by atoms with Crippen molar-refractivity contribution in [2.45, 2.75) is 13.3 Å². The lowest BCUT2D eigenvalue weighted by molar-refractivity contribution is 0.768. The molecule has 19 heavy (non-hydrogen) atoms. The first kappa shape index (κ1) is 12.1. The first-order valence-electron chi connectivity index (χ1n) is 6.12. The molecule has 3 heterocycles. The Morgan fingerprint density at radius 1 is 1.37 bits per heavy atom. The van der Waals surface area contributed by atoms with Crippen LogP contribution in [0.1, 0.15) is 12.5 Å². The Bertz CT molecular complexity index is 748. The van der Waals surface area contributed by atoms with E-state index in [4.69, 9.17) is 11.6 Å². The average Bonchev–Trinajstić information content (AvgIpc) is 2.84. The SMILES string of the molecule is CCc1cc2c(Cl)ccnc2nc1-c1cnn(C)c1. The van der Waals surface area contributed by atoms with Crippen molar-refractivity contribution >= 4 is 22.6 Å². The summed E-state index contributed by atoms with van der Waals surface area (Å²) in [6.07, 6.45) is 6.34. The molecule has 0 saturated heterocycles. The van der Waals surface area contributed by atoms with E-state index in [0.29, 0.717) is 10.7 Å². The second-order valence-electron chi connectivity index (χ2n) is 4.42. The first-order chi connectivity index (χ1) is 9.19. The van der Waals surface area contributed by atoms with Gasteiger partial charge in [-0.25, -0.2) is 9.97 Å². The normalized spacial score (nSPS) is 11.1. The van der Waals surface area contributed by atoms with Gasteiger partial charge in [0.25, 0.3) is 0 Å². The molecule has 0 aliphatic heterocycles. The van der Waals surface area contributed by atoms with E-state index in [-0.39, 0.29) is 0 Å². The second kappa shape index (κ2) is 4.63. The monoisotopic (exact) mass is 272 g/mol. The predicted octanol–water partition coefficient (Wildman–Crippen LogP) is 3.25. The number of rotatable bonds is 2. The summed E-state index contributed by atoms with van der Waals surface area (Å²) in [6, 6.07) is 3.86. The molecule has 3 aromatic heterocycles. The van der Waals surface area contributed by atoms with Gasteiger partial charge in [-0.1, -0.05) is 18.5 Å². The molecule has 3 aromatic rings. The molecule has 0 bridgehead atoms. The lowest BCUT2D eigenvalue weighted by Gasteiger charge is -2.07. The van der Waals surface area contributed by atoms with Gasteiger partial charge >= 0.3 is 0 Å². The van der Waals surface area contributed by atoms with Crippen molar-refractivity contribution in [1.29, 1.82) is 0 Å². The molecule has 0 saturated carbocycles. The molecule has 0 aliphatic carbocycles. The molecule has 0 spiro atoms. The van der Waals surface area contributed by atoms with Crippen molar-refractivity contribution in [2.75, 3.05) is 0 Å². The summed E-state index contributed by atoms with van der Waals surface area (Å²) in [7, 11) is 1.89. The summed E-state index contributed by atoms with van der Waals surface area (Å²) in [6.45, 7) is 2.10. The minimum atomic E-state index is 0.670. The van der Waals surface area contributed by atoms with Gasteiger partial charge in [0.1, 0.15) is 0 Å². The smallest absolute Gasteiger partial charge is 0.161 e. The van der Waals surface area contributed by atoms with Gasteiger partial charge < -0.3 is 0 Å². The third-order valence-corrected chi connectivity index (χ3v) is 3.45. The largest absolute Gasteiger partial charge is 0.275 e. The lowest BCUT2D eigenvalue weighted by Crippen LogP contribution is -1.94. The van der Waals surface area contributed by atoms with E-state index in [2.05, 4.69) is 28.1 Å². The van der Waals surface area contributed by atoms with Crippen LogP contribution in [0.3, 0.4) is 0 Å². The Balaban J connectivity index is 2.29. The van der Waals surface area contributed by atoms with Crippen molar-refractivity contribution in [3.05, 3.63) is 41.3 Å². The van der Waals surface area contributed by atoms with Gasteiger partial charge in [-0.15, -0.1) is 0 Å². The topological polar surface area (TPSA) is 43.6 Å². The van der Waals surface area contributed by atoms with E-state index >= 15 is 0 Å². The van der Waals surface area contributed by atoms with Gasteiger partial charge in [0.15, 0.2) is 5.65 Å². The highest BCUT2D eigenvalue weighted by Crippen LogP contribution is 2.28. The minimum absolute atomic E-state index is 0.670. The van der Waals surface area contributed by atoms with Crippen molar-refractivity contribution in [1.82, 2.24) is 19.7 Å². The summed E-state index contributed by atoms with van der Waals surface area (Å²) < 4.78 is 1.77. The van der Waals surface area contributed by atoms with Crippen molar-refractivity contribution in [3.63, 3.8) is 0 Å². The van der Waals surface area contributed by atoms with E-state index in [1.165, 1.54) is 0 Å². The molecule has 3 rings (SSSR count). The molecular weight excluding hydrogens is 260 g/mol. The Labute approximate surface area is 116 Å². The third-order valence-electron chi connectivity index (χ3n) is 3.12. The first-order valence-corrected chi connectivity index (χ1v) is 6.50. The van der Waals surface area contributed by atoms with E-state index in [9.17, 15) is 0 Å². The maximum Gasteiger partial charge on any atom is 0.161 e. The molecule has 0 aliphatic rings. The number of hydrogen-bond donors (Lipinski definition) is 0. The van der Waals surface area contributed by atoms with Gasteiger partial charge in [0.05, 0.1) is 16.9 Å². The highest BCUT2D eigenvalue weighted by atomic mass is 35.5.